The lowest BCUT2D eigenvalue weighted by Gasteiger charge is -2.07. The van der Waals surface area contributed by atoms with Gasteiger partial charge in [-0.15, -0.1) is 5.98 Å². The van der Waals surface area contributed by atoms with Crippen LogP contribution in [0.15, 0.2) is 18.1 Å². The van der Waals surface area contributed by atoms with Gasteiger partial charge in [-0.05, 0) is 18.6 Å². The third-order valence-electron chi connectivity index (χ3n) is 1.77. The zero-order valence-electron chi connectivity index (χ0n) is 7.78. The fraction of sp³-hybridized carbons (Fsp3) is 0.111. The topological polar surface area (TPSA) is 0 Å². The Bertz CT molecular complexity index is 394. The molecule has 15 heavy (non-hydrogen) atoms. The average Bonchev–Trinajstić information content (AvgIpc) is 2.07. The predicted molar refractivity (Wildman–Crippen MR) is 49.2 cm³/mol. The van der Waals surface area contributed by atoms with Gasteiger partial charge in [0.1, 0.15) is 11.6 Å². The van der Waals surface area contributed by atoms with Gasteiger partial charge in [0.15, 0.2) is 0 Å². The molecule has 0 aliphatic heterocycles. The fourth-order valence-electron chi connectivity index (χ4n) is 1.02. The largest absolute Gasteiger partial charge is 0.502 e. The molecule has 1 rings (SSSR count). The maximum absolute atomic E-state index is 13.0. The van der Waals surface area contributed by atoms with Gasteiger partial charge in [-0.1, -0.05) is 6.08 Å². The minimum Gasteiger partial charge on any atom is -0.445 e. The summed E-state index contributed by atoms with van der Waals surface area (Å²) in [4.78, 5) is 0. The van der Waals surface area contributed by atoms with E-state index in [4.69, 9.17) is 0 Å². The minimum atomic E-state index is -5.10. The van der Waals surface area contributed by atoms with E-state index in [0.717, 1.165) is 6.07 Å². The lowest BCUT2D eigenvalue weighted by molar-refractivity contribution is 0.499. The first-order valence-electron chi connectivity index (χ1n) is 4.14. The summed E-state index contributed by atoms with van der Waals surface area (Å²) in [5, 5.41) is 0. The van der Waals surface area contributed by atoms with Crippen molar-refractivity contribution in [1.82, 2.24) is 0 Å². The maximum Gasteiger partial charge on any atom is 0.502 e. The van der Waals surface area contributed by atoms with Crippen molar-refractivity contribution in [3.05, 3.63) is 40.9 Å². The van der Waals surface area contributed by atoms with Crippen LogP contribution < -0.4 is 0 Å². The quantitative estimate of drug-likeness (QED) is 0.527. The molecule has 0 aromatic heterocycles. The molecule has 0 fully saturated rings. The second-order valence-corrected chi connectivity index (χ2v) is 3.11. The van der Waals surface area contributed by atoms with Gasteiger partial charge in [-0.3, -0.25) is 0 Å². The summed E-state index contributed by atoms with van der Waals surface area (Å²) >= 11 is 0. The second-order valence-electron chi connectivity index (χ2n) is 3.11. The molecule has 1 aromatic carbocycles. The predicted octanol–water partition coefficient (Wildman–Crippen LogP) is 3.67. The average molecular weight is 221 g/mol. The molecule has 0 saturated carbocycles. The van der Waals surface area contributed by atoms with E-state index in [1.165, 1.54) is 6.92 Å². The lowest BCUT2D eigenvalue weighted by atomic mass is 9.90. The van der Waals surface area contributed by atoms with Crippen LogP contribution in [-0.2, 0) is 0 Å². The lowest BCUT2D eigenvalue weighted by Crippen LogP contribution is -2.09. The van der Waals surface area contributed by atoms with E-state index in [9.17, 15) is 21.7 Å². The van der Waals surface area contributed by atoms with E-state index in [-0.39, 0.29) is 17.1 Å². The van der Waals surface area contributed by atoms with E-state index < -0.39 is 18.6 Å². The molecular formula is C9H7BF5-. The van der Waals surface area contributed by atoms with Gasteiger partial charge < -0.3 is 12.9 Å². The molecule has 0 saturated heterocycles. The molecule has 0 nitrogen and oxygen atoms in total. The van der Waals surface area contributed by atoms with Gasteiger partial charge in [0.25, 0.3) is 0 Å². The normalized spacial score (nSPS) is 12.4. The van der Waals surface area contributed by atoms with Crippen LogP contribution in [0, 0.1) is 18.6 Å². The summed E-state index contributed by atoms with van der Waals surface area (Å²) in [7, 11) is 0. The third-order valence-corrected chi connectivity index (χ3v) is 1.77. The van der Waals surface area contributed by atoms with Crippen LogP contribution in [0.4, 0.5) is 21.7 Å². The smallest absolute Gasteiger partial charge is 0.445 e. The number of halogens is 5. The van der Waals surface area contributed by atoms with E-state index in [1.54, 1.807) is 0 Å². The Hall–Kier alpha value is -1.33. The van der Waals surface area contributed by atoms with E-state index in [0.29, 0.717) is 12.1 Å². The molecule has 6 heteroatoms. The highest BCUT2D eigenvalue weighted by molar-refractivity contribution is 6.64. The molecule has 1 aromatic rings. The van der Waals surface area contributed by atoms with Crippen molar-refractivity contribution in [2.75, 3.05) is 0 Å². The van der Waals surface area contributed by atoms with Crippen LogP contribution in [0.5, 0.6) is 0 Å². The number of hydrogen-bond acceptors (Lipinski definition) is 0. The zero-order valence-corrected chi connectivity index (χ0v) is 7.78. The molecule has 0 N–H and O–H groups in total. The number of hydrogen-bond donors (Lipinski definition) is 0. The summed E-state index contributed by atoms with van der Waals surface area (Å²) < 4.78 is 61.2. The van der Waals surface area contributed by atoms with Gasteiger partial charge >= 0.3 is 6.98 Å². The van der Waals surface area contributed by atoms with Gasteiger partial charge in [-0.25, -0.2) is 8.78 Å². The Kier molecular flexibility index (Phi) is 3.17. The first-order valence-corrected chi connectivity index (χ1v) is 4.14. The van der Waals surface area contributed by atoms with Crippen LogP contribution in [0.1, 0.15) is 11.1 Å². The summed E-state index contributed by atoms with van der Waals surface area (Å²) in [5.74, 6) is -1.81. The third kappa shape index (κ3) is 3.38. The van der Waals surface area contributed by atoms with Gasteiger partial charge in [0.05, 0.1) is 0 Å². The Balaban J connectivity index is 3.06. The SMILES string of the molecule is Cc1cc(/C=C/[B-](F)(F)F)c(F)cc1F. The molecule has 0 heterocycles. The van der Waals surface area contributed by atoms with Crippen molar-refractivity contribution in [3.8, 4) is 0 Å². The van der Waals surface area contributed by atoms with Crippen molar-refractivity contribution in [1.29, 1.82) is 0 Å². The molecular weight excluding hydrogens is 214 g/mol. The van der Waals surface area contributed by atoms with Crippen LogP contribution in [0.25, 0.3) is 6.08 Å². The highest BCUT2D eigenvalue weighted by Crippen LogP contribution is 2.18. The highest BCUT2D eigenvalue weighted by atomic mass is 19.4. The molecule has 0 aliphatic carbocycles. The second kappa shape index (κ2) is 4.04. The Morgan fingerprint density at radius 2 is 1.67 bits per heavy atom. The maximum atomic E-state index is 13.0. The van der Waals surface area contributed by atoms with Crippen LogP contribution in [0.3, 0.4) is 0 Å². The van der Waals surface area contributed by atoms with Crippen molar-refractivity contribution in [3.63, 3.8) is 0 Å². The number of benzene rings is 1. The van der Waals surface area contributed by atoms with Crippen molar-refractivity contribution < 1.29 is 21.7 Å². The van der Waals surface area contributed by atoms with Crippen LogP contribution in [0.2, 0.25) is 0 Å². The van der Waals surface area contributed by atoms with Crippen molar-refractivity contribution >= 4 is 13.1 Å². The summed E-state index contributed by atoms with van der Waals surface area (Å²) in [6, 6.07) is 1.60. The van der Waals surface area contributed by atoms with Crippen LogP contribution >= 0.6 is 0 Å². The Labute approximate surface area is 83.5 Å². The van der Waals surface area contributed by atoms with Gasteiger partial charge in [0, 0.05) is 11.6 Å². The van der Waals surface area contributed by atoms with Crippen LogP contribution in [-0.4, -0.2) is 6.98 Å². The van der Waals surface area contributed by atoms with Crippen molar-refractivity contribution in [2.45, 2.75) is 6.92 Å². The molecule has 0 unspecified atom stereocenters. The molecule has 0 spiro atoms. The van der Waals surface area contributed by atoms with E-state index in [2.05, 4.69) is 0 Å². The molecule has 0 bridgehead atoms. The van der Waals surface area contributed by atoms with E-state index in [1.807, 2.05) is 0 Å². The first-order chi connectivity index (χ1) is 6.79. The Morgan fingerprint density at radius 1 is 1.07 bits per heavy atom. The highest BCUT2D eigenvalue weighted by Gasteiger charge is 2.17. The van der Waals surface area contributed by atoms with Gasteiger partial charge in [0.2, 0.25) is 0 Å². The van der Waals surface area contributed by atoms with Crippen molar-refractivity contribution in [2.24, 2.45) is 0 Å². The minimum absolute atomic E-state index is 0.0320. The standard InChI is InChI=1S/C9H7BF5/c1-6-4-7(2-3-10(13,14)15)9(12)5-8(6)11/h2-5H,1H3/q-1/b3-2+. The summed E-state index contributed by atoms with van der Waals surface area (Å²) in [5.41, 5.74) is -0.168. The molecule has 0 radical (unpaired) electrons. The van der Waals surface area contributed by atoms with E-state index >= 15 is 0 Å². The monoisotopic (exact) mass is 221 g/mol. The number of rotatable bonds is 2. The molecule has 0 amide bonds. The first kappa shape index (κ1) is 11.7. The summed E-state index contributed by atoms with van der Waals surface area (Å²) in [6.45, 7) is -3.75. The summed E-state index contributed by atoms with van der Waals surface area (Å²) in [6.07, 6.45) is 0.599. The molecule has 0 aliphatic rings. The number of aryl methyl sites for hydroxylation is 1. The fourth-order valence-corrected chi connectivity index (χ4v) is 1.02. The van der Waals surface area contributed by atoms with Gasteiger partial charge in [-0.2, -0.15) is 0 Å². The zero-order chi connectivity index (χ0) is 11.6. The molecule has 82 valence electrons. The Morgan fingerprint density at radius 3 is 2.20 bits per heavy atom. The molecule has 0 atom stereocenters.